The number of alkyl halides is 3. The maximum Gasteiger partial charge on any atom is 0.416 e. The molecule has 0 N–H and O–H groups in total. The summed E-state index contributed by atoms with van der Waals surface area (Å²) in [7, 11) is 0. The van der Waals surface area contributed by atoms with Crippen molar-refractivity contribution in [2.45, 2.75) is 12.8 Å². The lowest BCUT2D eigenvalue weighted by Crippen LogP contribution is -2.05. The third kappa shape index (κ3) is 3.57. The van der Waals surface area contributed by atoms with Crippen molar-refractivity contribution in [1.82, 2.24) is 4.98 Å². The first kappa shape index (κ1) is 14.0. The van der Waals surface area contributed by atoms with Gasteiger partial charge in [0.25, 0.3) is 0 Å². The number of carbonyl (C=O) groups excluding carboxylic acids is 1. The van der Waals surface area contributed by atoms with Crippen molar-refractivity contribution < 1.29 is 22.7 Å². The average Bonchev–Trinajstić information content (AvgIpc) is 2.45. The average molecular weight is 281 g/mol. The standard InChI is InChI=1S/C14H10F3NO2/c15-14(16,17)12-4-1-10(2-5-12)9-20-13-6-3-11(8-19)7-18-13/h1-8H,9H2. The minimum absolute atomic E-state index is 0.103. The Balaban J connectivity index is 1.98. The number of hydrogen-bond donors (Lipinski definition) is 0. The zero-order valence-corrected chi connectivity index (χ0v) is 10.2. The molecule has 3 nitrogen and oxygen atoms in total. The highest BCUT2D eigenvalue weighted by atomic mass is 19.4. The molecule has 0 atom stereocenters. The second kappa shape index (κ2) is 5.73. The topological polar surface area (TPSA) is 39.2 Å². The number of rotatable bonds is 4. The highest BCUT2D eigenvalue weighted by molar-refractivity contribution is 5.73. The van der Waals surface area contributed by atoms with E-state index in [-0.39, 0.29) is 6.61 Å². The SMILES string of the molecule is O=Cc1ccc(OCc2ccc(C(F)(F)F)cc2)nc1. The molecule has 0 aliphatic rings. The summed E-state index contributed by atoms with van der Waals surface area (Å²) in [6.07, 6.45) is -2.33. The van der Waals surface area contributed by atoms with Crippen LogP contribution >= 0.6 is 0 Å². The van der Waals surface area contributed by atoms with Crippen LogP contribution < -0.4 is 4.74 Å². The van der Waals surface area contributed by atoms with Crippen molar-refractivity contribution >= 4 is 6.29 Å². The maximum atomic E-state index is 12.4. The van der Waals surface area contributed by atoms with Crippen LogP contribution in [-0.4, -0.2) is 11.3 Å². The van der Waals surface area contributed by atoms with Gasteiger partial charge in [0.1, 0.15) is 6.61 Å². The molecule has 2 rings (SSSR count). The summed E-state index contributed by atoms with van der Waals surface area (Å²) >= 11 is 0. The minimum atomic E-state index is -4.34. The number of carbonyl (C=O) groups is 1. The van der Waals surface area contributed by atoms with E-state index in [1.165, 1.54) is 24.4 Å². The number of ether oxygens (including phenoxy) is 1. The van der Waals surface area contributed by atoms with Crippen LogP contribution in [0.25, 0.3) is 0 Å². The number of aromatic nitrogens is 1. The molecule has 0 unspecified atom stereocenters. The Kier molecular flexibility index (Phi) is 4.02. The van der Waals surface area contributed by atoms with Crippen molar-refractivity contribution in [3.63, 3.8) is 0 Å². The highest BCUT2D eigenvalue weighted by Gasteiger charge is 2.29. The van der Waals surface area contributed by atoms with Gasteiger partial charge < -0.3 is 4.74 Å². The van der Waals surface area contributed by atoms with Gasteiger partial charge in [-0.1, -0.05) is 12.1 Å². The number of benzene rings is 1. The van der Waals surface area contributed by atoms with Gasteiger partial charge in [-0.25, -0.2) is 4.98 Å². The lowest BCUT2D eigenvalue weighted by molar-refractivity contribution is -0.137. The van der Waals surface area contributed by atoms with Gasteiger partial charge in [0.2, 0.25) is 5.88 Å². The first-order valence-corrected chi connectivity index (χ1v) is 5.69. The molecule has 1 aromatic carbocycles. The van der Waals surface area contributed by atoms with Gasteiger partial charge in [-0.05, 0) is 23.8 Å². The summed E-state index contributed by atoms with van der Waals surface area (Å²) in [6.45, 7) is 0.103. The Bertz CT molecular complexity index is 577. The number of nitrogens with zero attached hydrogens (tertiary/aromatic N) is 1. The Morgan fingerprint density at radius 1 is 1.10 bits per heavy atom. The fourth-order valence-electron chi connectivity index (χ4n) is 1.49. The van der Waals surface area contributed by atoms with Crippen LogP contribution in [0.2, 0.25) is 0 Å². The molecule has 1 heterocycles. The van der Waals surface area contributed by atoms with E-state index in [9.17, 15) is 18.0 Å². The molecule has 6 heteroatoms. The number of halogens is 3. The third-order valence-electron chi connectivity index (χ3n) is 2.56. The number of pyridine rings is 1. The number of aldehydes is 1. The van der Waals surface area contributed by atoms with Gasteiger partial charge in [0.05, 0.1) is 5.56 Å². The zero-order chi connectivity index (χ0) is 14.6. The fourth-order valence-corrected chi connectivity index (χ4v) is 1.49. The Hall–Kier alpha value is -2.37. The van der Waals surface area contributed by atoms with Crippen molar-refractivity contribution in [3.05, 3.63) is 59.3 Å². The van der Waals surface area contributed by atoms with Gasteiger partial charge in [-0.3, -0.25) is 4.79 Å². The van der Waals surface area contributed by atoms with Gasteiger partial charge in [0.15, 0.2) is 6.29 Å². The van der Waals surface area contributed by atoms with Crippen LogP contribution in [0.4, 0.5) is 13.2 Å². The van der Waals surface area contributed by atoms with Gasteiger partial charge in [-0.15, -0.1) is 0 Å². The Morgan fingerprint density at radius 3 is 2.30 bits per heavy atom. The quantitative estimate of drug-likeness (QED) is 0.805. The largest absolute Gasteiger partial charge is 0.473 e. The van der Waals surface area contributed by atoms with Crippen molar-refractivity contribution in [2.75, 3.05) is 0 Å². The first-order chi connectivity index (χ1) is 9.49. The van der Waals surface area contributed by atoms with Crippen LogP contribution in [0.15, 0.2) is 42.6 Å². The Labute approximate surface area is 113 Å². The summed E-state index contributed by atoms with van der Waals surface area (Å²) in [6, 6.07) is 7.77. The zero-order valence-electron chi connectivity index (χ0n) is 10.2. The highest BCUT2D eigenvalue weighted by Crippen LogP contribution is 2.29. The fraction of sp³-hybridized carbons (Fsp3) is 0.143. The second-order valence-corrected chi connectivity index (χ2v) is 4.03. The number of hydrogen-bond acceptors (Lipinski definition) is 3. The van der Waals surface area contributed by atoms with Crippen LogP contribution in [0, 0.1) is 0 Å². The summed E-state index contributed by atoms with van der Waals surface area (Å²) < 4.78 is 42.4. The molecular formula is C14H10F3NO2. The lowest BCUT2D eigenvalue weighted by atomic mass is 10.1. The molecule has 104 valence electrons. The van der Waals surface area contributed by atoms with E-state index in [0.717, 1.165) is 12.1 Å². The van der Waals surface area contributed by atoms with Crippen LogP contribution in [0.5, 0.6) is 5.88 Å². The smallest absolute Gasteiger partial charge is 0.416 e. The summed E-state index contributed by atoms with van der Waals surface area (Å²) in [5.41, 5.74) is 0.320. The molecule has 0 aliphatic carbocycles. The molecule has 0 aliphatic heterocycles. The maximum absolute atomic E-state index is 12.4. The molecule has 0 radical (unpaired) electrons. The molecule has 1 aromatic heterocycles. The molecule has 0 amide bonds. The van der Waals surface area contributed by atoms with E-state index in [2.05, 4.69) is 4.98 Å². The monoisotopic (exact) mass is 281 g/mol. The molecule has 20 heavy (non-hydrogen) atoms. The molecule has 0 fully saturated rings. The predicted molar refractivity (Wildman–Crippen MR) is 65.4 cm³/mol. The predicted octanol–water partition coefficient (Wildman–Crippen LogP) is 3.49. The normalized spacial score (nSPS) is 11.2. The van der Waals surface area contributed by atoms with E-state index < -0.39 is 11.7 Å². The second-order valence-electron chi connectivity index (χ2n) is 4.03. The molecule has 0 bridgehead atoms. The van der Waals surface area contributed by atoms with Gasteiger partial charge in [0, 0.05) is 17.8 Å². The van der Waals surface area contributed by atoms with Crippen molar-refractivity contribution in [3.8, 4) is 5.88 Å². The van der Waals surface area contributed by atoms with E-state index in [0.29, 0.717) is 23.3 Å². The first-order valence-electron chi connectivity index (χ1n) is 5.69. The third-order valence-corrected chi connectivity index (χ3v) is 2.56. The molecule has 0 spiro atoms. The van der Waals surface area contributed by atoms with E-state index in [1.807, 2.05) is 0 Å². The summed E-state index contributed by atoms with van der Waals surface area (Å²) in [4.78, 5) is 14.3. The van der Waals surface area contributed by atoms with E-state index in [1.54, 1.807) is 6.07 Å². The Morgan fingerprint density at radius 2 is 1.80 bits per heavy atom. The summed E-state index contributed by atoms with van der Waals surface area (Å²) in [5, 5.41) is 0. The molecule has 2 aromatic rings. The van der Waals surface area contributed by atoms with E-state index in [4.69, 9.17) is 4.74 Å². The van der Waals surface area contributed by atoms with E-state index >= 15 is 0 Å². The lowest BCUT2D eigenvalue weighted by Gasteiger charge is -2.08. The van der Waals surface area contributed by atoms with Crippen LogP contribution in [0.1, 0.15) is 21.5 Å². The minimum Gasteiger partial charge on any atom is -0.473 e. The molecule has 0 saturated heterocycles. The van der Waals surface area contributed by atoms with Gasteiger partial charge >= 0.3 is 6.18 Å². The van der Waals surface area contributed by atoms with Crippen LogP contribution in [0.3, 0.4) is 0 Å². The van der Waals surface area contributed by atoms with Crippen LogP contribution in [-0.2, 0) is 12.8 Å². The van der Waals surface area contributed by atoms with Gasteiger partial charge in [-0.2, -0.15) is 13.2 Å². The van der Waals surface area contributed by atoms with Crippen molar-refractivity contribution in [2.24, 2.45) is 0 Å². The van der Waals surface area contributed by atoms with Crippen molar-refractivity contribution in [1.29, 1.82) is 0 Å². The summed E-state index contributed by atoms with van der Waals surface area (Å²) in [5.74, 6) is 0.301. The molecule has 0 saturated carbocycles. The molecular weight excluding hydrogens is 271 g/mol.